The van der Waals surface area contributed by atoms with E-state index in [2.05, 4.69) is 0 Å². The Morgan fingerprint density at radius 1 is 1.56 bits per heavy atom. The van der Waals surface area contributed by atoms with Gasteiger partial charge in [0.2, 0.25) is 0 Å². The molecule has 3 nitrogen and oxygen atoms in total. The second kappa shape index (κ2) is 2.25. The molecule has 0 aromatic carbocycles. The van der Waals surface area contributed by atoms with Gasteiger partial charge in [-0.15, -0.1) is 0 Å². The van der Waals surface area contributed by atoms with Crippen LogP contribution in [0.2, 0.25) is 0 Å². The zero-order chi connectivity index (χ0) is 6.91. The van der Waals surface area contributed by atoms with Crippen LogP contribution in [0.1, 0.15) is 13.8 Å². The topological polar surface area (TPSA) is 38.5 Å². The number of ether oxygens (including phenoxy) is 1. The van der Waals surface area contributed by atoms with Crippen molar-refractivity contribution in [2.24, 2.45) is 5.84 Å². The second-order valence-electron chi connectivity index (χ2n) is 3.08. The van der Waals surface area contributed by atoms with Gasteiger partial charge in [-0.2, -0.15) is 0 Å². The summed E-state index contributed by atoms with van der Waals surface area (Å²) < 4.78 is 5.41. The zero-order valence-electron chi connectivity index (χ0n) is 6.05. The molecule has 1 heterocycles. The molecule has 0 unspecified atom stereocenters. The molecule has 0 aromatic heterocycles. The maximum absolute atomic E-state index is 5.56. The van der Waals surface area contributed by atoms with Crippen LogP contribution < -0.4 is 5.84 Å². The van der Waals surface area contributed by atoms with Gasteiger partial charge in [0.15, 0.2) is 0 Å². The van der Waals surface area contributed by atoms with Gasteiger partial charge >= 0.3 is 0 Å². The summed E-state index contributed by atoms with van der Waals surface area (Å²) in [5.74, 6) is 5.56. The van der Waals surface area contributed by atoms with Gasteiger partial charge in [0.1, 0.15) is 0 Å². The molecule has 0 spiro atoms. The summed E-state index contributed by atoms with van der Waals surface area (Å²) in [6, 6.07) is 0. The summed E-state index contributed by atoms with van der Waals surface area (Å²) in [7, 11) is 0. The second-order valence-corrected chi connectivity index (χ2v) is 3.08. The third kappa shape index (κ3) is 1.93. The average molecular weight is 130 g/mol. The fraction of sp³-hybridized carbons (Fsp3) is 1.00. The molecular formula is C6H14N2O. The van der Waals surface area contributed by atoms with E-state index in [1.54, 1.807) is 5.01 Å². The summed E-state index contributed by atoms with van der Waals surface area (Å²) in [5.41, 5.74) is -0.0486. The lowest BCUT2D eigenvalue weighted by atomic mass is 10.1. The standard InChI is InChI=1S/C6H14N2O/c1-6(2)5-8(7)3-4-9-6/h3-5,7H2,1-2H3. The normalized spacial score (nSPS) is 28.3. The van der Waals surface area contributed by atoms with E-state index in [1.165, 1.54) is 0 Å². The number of nitrogens with zero attached hydrogens (tertiary/aromatic N) is 1. The molecule has 0 bridgehead atoms. The maximum Gasteiger partial charge on any atom is 0.0767 e. The molecule has 3 heteroatoms. The molecule has 1 fully saturated rings. The molecule has 0 aromatic rings. The zero-order valence-corrected chi connectivity index (χ0v) is 6.05. The van der Waals surface area contributed by atoms with Crippen LogP contribution in [-0.2, 0) is 4.74 Å². The lowest BCUT2D eigenvalue weighted by Gasteiger charge is -2.35. The molecule has 9 heavy (non-hydrogen) atoms. The first kappa shape index (κ1) is 6.99. The van der Waals surface area contributed by atoms with Crippen LogP contribution in [0.5, 0.6) is 0 Å². The lowest BCUT2D eigenvalue weighted by Crippen LogP contribution is -2.51. The van der Waals surface area contributed by atoms with Crippen molar-refractivity contribution in [1.82, 2.24) is 5.01 Å². The molecule has 54 valence electrons. The summed E-state index contributed by atoms with van der Waals surface area (Å²) in [6.07, 6.45) is 0. The number of rotatable bonds is 0. The minimum absolute atomic E-state index is 0.0486. The van der Waals surface area contributed by atoms with E-state index in [9.17, 15) is 0 Å². The molecule has 0 aliphatic carbocycles. The highest BCUT2D eigenvalue weighted by atomic mass is 16.5. The van der Waals surface area contributed by atoms with Crippen molar-refractivity contribution in [3.05, 3.63) is 0 Å². The van der Waals surface area contributed by atoms with E-state index in [0.717, 1.165) is 19.7 Å². The number of hydrazine groups is 1. The molecule has 0 atom stereocenters. The number of morpholine rings is 1. The van der Waals surface area contributed by atoms with Crippen molar-refractivity contribution < 1.29 is 4.74 Å². The van der Waals surface area contributed by atoms with Gasteiger partial charge < -0.3 is 4.74 Å². The Bertz CT molecular complexity index is 103. The highest BCUT2D eigenvalue weighted by Gasteiger charge is 2.24. The van der Waals surface area contributed by atoms with Crippen LogP contribution in [0.4, 0.5) is 0 Å². The number of hydrogen-bond donors (Lipinski definition) is 1. The Morgan fingerprint density at radius 2 is 2.22 bits per heavy atom. The highest BCUT2D eigenvalue weighted by Crippen LogP contribution is 2.13. The monoisotopic (exact) mass is 130 g/mol. The van der Waals surface area contributed by atoms with Crippen molar-refractivity contribution in [2.45, 2.75) is 19.4 Å². The van der Waals surface area contributed by atoms with Crippen LogP contribution in [0, 0.1) is 0 Å². The SMILES string of the molecule is CC1(C)CN(N)CCO1. The molecule has 1 rings (SSSR count). The van der Waals surface area contributed by atoms with E-state index < -0.39 is 0 Å². The predicted octanol–water partition coefficient (Wildman–Crippen LogP) is -0.0291. The van der Waals surface area contributed by atoms with Gasteiger partial charge in [-0.1, -0.05) is 0 Å². The quantitative estimate of drug-likeness (QED) is 0.468. The maximum atomic E-state index is 5.56. The van der Waals surface area contributed by atoms with Crippen LogP contribution in [0.15, 0.2) is 0 Å². The first-order chi connectivity index (χ1) is 4.10. The Hall–Kier alpha value is -0.120. The van der Waals surface area contributed by atoms with Crippen molar-refractivity contribution in [3.8, 4) is 0 Å². The molecule has 0 radical (unpaired) electrons. The number of hydrogen-bond acceptors (Lipinski definition) is 3. The fourth-order valence-electron chi connectivity index (χ4n) is 1.05. The van der Waals surface area contributed by atoms with Gasteiger partial charge in [-0.3, -0.25) is 5.84 Å². The fourth-order valence-corrected chi connectivity index (χ4v) is 1.05. The Labute approximate surface area is 55.7 Å². The molecular weight excluding hydrogens is 116 g/mol. The summed E-state index contributed by atoms with van der Waals surface area (Å²) in [4.78, 5) is 0. The third-order valence-electron chi connectivity index (χ3n) is 1.46. The van der Waals surface area contributed by atoms with Crippen molar-refractivity contribution in [3.63, 3.8) is 0 Å². The van der Waals surface area contributed by atoms with E-state index >= 15 is 0 Å². The molecule has 1 aliphatic rings. The first-order valence-corrected chi connectivity index (χ1v) is 3.24. The number of nitrogens with two attached hydrogens (primary N) is 1. The van der Waals surface area contributed by atoms with Gasteiger partial charge in [-0.25, -0.2) is 5.01 Å². The van der Waals surface area contributed by atoms with Crippen LogP contribution in [0.3, 0.4) is 0 Å². The van der Waals surface area contributed by atoms with Crippen LogP contribution >= 0.6 is 0 Å². The molecule has 0 saturated carbocycles. The molecule has 1 saturated heterocycles. The Balaban J connectivity index is 2.41. The highest BCUT2D eigenvalue weighted by molar-refractivity contribution is 4.75. The van der Waals surface area contributed by atoms with Crippen LogP contribution in [0.25, 0.3) is 0 Å². The minimum atomic E-state index is -0.0486. The van der Waals surface area contributed by atoms with E-state index in [-0.39, 0.29) is 5.60 Å². The van der Waals surface area contributed by atoms with Crippen molar-refractivity contribution in [2.75, 3.05) is 19.7 Å². The van der Waals surface area contributed by atoms with Crippen molar-refractivity contribution in [1.29, 1.82) is 0 Å². The van der Waals surface area contributed by atoms with E-state index in [0.29, 0.717) is 0 Å². The first-order valence-electron chi connectivity index (χ1n) is 3.24. The third-order valence-corrected chi connectivity index (χ3v) is 1.46. The van der Waals surface area contributed by atoms with E-state index in [1.807, 2.05) is 13.8 Å². The van der Waals surface area contributed by atoms with E-state index in [4.69, 9.17) is 10.6 Å². The molecule has 2 N–H and O–H groups in total. The van der Waals surface area contributed by atoms with Gasteiger partial charge in [0, 0.05) is 13.1 Å². The minimum Gasteiger partial charge on any atom is -0.373 e. The summed E-state index contributed by atoms with van der Waals surface area (Å²) in [6.45, 7) is 6.53. The van der Waals surface area contributed by atoms with Gasteiger partial charge in [0.05, 0.1) is 12.2 Å². The smallest absolute Gasteiger partial charge is 0.0767 e. The largest absolute Gasteiger partial charge is 0.373 e. The average Bonchev–Trinajstić information content (AvgIpc) is 1.60. The predicted molar refractivity (Wildman–Crippen MR) is 35.8 cm³/mol. The summed E-state index contributed by atoms with van der Waals surface area (Å²) in [5, 5.41) is 1.80. The summed E-state index contributed by atoms with van der Waals surface area (Å²) >= 11 is 0. The van der Waals surface area contributed by atoms with Gasteiger partial charge in [0.25, 0.3) is 0 Å². The lowest BCUT2D eigenvalue weighted by molar-refractivity contribution is -0.0864. The molecule has 0 amide bonds. The van der Waals surface area contributed by atoms with Gasteiger partial charge in [-0.05, 0) is 13.8 Å². The van der Waals surface area contributed by atoms with Crippen LogP contribution in [-0.4, -0.2) is 30.3 Å². The van der Waals surface area contributed by atoms with Crippen molar-refractivity contribution >= 4 is 0 Å². The molecule has 1 aliphatic heterocycles. The Morgan fingerprint density at radius 3 is 2.56 bits per heavy atom. The Kier molecular flexibility index (Phi) is 1.75.